The molecule has 3 aromatic carbocycles. The van der Waals surface area contributed by atoms with Crippen molar-refractivity contribution < 1.29 is 29.7 Å². The molecule has 0 aromatic heterocycles. The second kappa shape index (κ2) is 19.2. The summed E-state index contributed by atoms with van der Waals surface area (Å²) in [6, 6.07) is 19.0. The summed E-state index contributed by atoms with van der Waals surface area (Å²) in [5.74, 6) is -2.34. The molecule has 210 valence electrons. The van der Waals surface area contributed by atoms with E-state index in [9.17, 15) is 14.4 Å². The number of carboxylic acid groups (broad SMARTS) is 3. The lowest BCUT2D eigenvalue weighted by molar-refractivity contribution is -0.137. The van der Waals surface area contributed by atoms with Gasteiger partial charge in [-0.3, -0.25) is 14.4 Å². The lowest BCUT2D eigenvalue weighted by Crippen LogP contribution is -2.01. The number of aliphatic carboxylic acids is 3. The number of benzene rings is 3. The molecule has 0 unspecified atom stereocenters. The van der Waals surface area contributed by atoms with Gasteiger partial charge in [0.25, 0.3) is 0 Å². The highest BCUT2D eigenvalue weighted by Crippen LogP contribution is 2.11. The fourth-order valence-electron chi connectivity index (χ4n) is 3.18. The molecule has 6 heteroatoms. The number of hydrogen-bond donors (Lipinski definition) is 3. The zero-order valence-corrected chi connectivity index (χ0v) is 21.0. The molecular formula is C32H46O6. The second-order valence-corrected chi connectivity index (χ2v) is 8.55. The Morgan fingerprint density at radius 3 is 1.39 bits per heavy atom. The normalized spacial score (nSPS) is 8.97. The van der Waals surface area contributed by atoms with Crippen LogP contribution < -0.4 is 0 Å². The lowest BCUT2D eigenvalue weighted by Gasteiger charge is -2.02. The SMILES string of the molecule is C.C.C.Cc1ccc(CC(=O)O)c(C)c1.Cc1ccc(CC(=O)O)cc1.Cc1ccc(CC(=O)O)cc1C. The van der Waals surface area contributed by atoms with Crippen LogP contribution in [0.3, 0.4) is 0 Å². The van der Waals surface area contributed by atoms with Gasteiger partial charge < -0.3 is 15.3 Å². The first-order chi connectivity index (χ1) is 16.4. The summed E-state index contributed by atoms with van der Waals surface area (Å²) in [7, 11) is 0. The van der Waals surface area contributed by atoms with Crippen LogP contribution in [0.15, 0.2) is 60.7 Å². The molecule has 0 aliphatic carbocycles. The van der Waals surface area contributed by atoms with E-state index in [1.165, 1.54) is 11.1 Å². The summed E-state index contributed by atoms with van der Waals surface area (Å²) in [5.41, 5.74) is 8.33. The fourth-order valence-corrected chi connectivity index (χ4v) is 3.18. The Hall–Kier alpha value is -3.93. The van der Waals surface area contributed by atoms with Gasteiger partial charge in [0.1, 0.15) is 0 Å². The van der Waals surface area contributed by atoms with Gasteiger partial charge in [-0.15, -0.1) is 0 Å². The minimum absolute atomic E-state index is 0. The van der Waals surface area contributed by atoms with E-state index < -0.39 is 17.9 Å². The summed E-state index contributed by atoms with van der Waals surface area (Å²) in [4.78, 5) is 31.0. The van der Waals surface area contributed by atoms with E-state index >= 15 is 0 Å². The molecule has 0 bridgehead atoms. The molecule has 0 heterocycles. The van der Waals surface area contributed by atoms with Crippen LogP contribution in [-0.2, 0) is 33.6 Å². The monoisotopic (exact) mass is 526 g/mol. The van der Waals surface area contributed by atoms with Gasteiger partial charge in [0.15, 0.2) is 0 Å². The summed E-state index contributed by atoms with van der Waals surface area (Å²) in [5, 5.41) is 25.5. The predicted molar refractivity (Wildman–Crippen MR) is 157 cm³/mol. The minimum Gasteiger partial charge on any atom is -0.481 e. The maximum Gasteiger partial charge on any atom is 0.307 e. The molecular weight excluding hydrogens is 480 g/mol. The largest absolute Gasteiger partial charge is 0.481 e. The number of rotatable bonds is 6. The van der Waals surface area contributed by atoms with Crippen LogP contribution in [0, 0.1) is 34.6 Å². The Morgan fingerprint density at radius 1 is 0.500 bits per heavy atom. The van der Waals surface area contributed by atoms with E-state index in [0.29, 0.717) is 0 Å². The van der Waals surface area contributed by atoms with E-state index in [0.717, 1.165) is 33.4 Å². The third-order valence-electron chi connectivity index (χ3n) is 5.24. The van der Waals surface area contributed by atoms with Crippen molar-refractivity contribution in [3.05, 3.63) is 105 Å². The van der Waals surface area contributed by atoms with E-state index in [2.05, 4.69) is 0 Å². The van der Waals surface area contributed by atoms with Crippen molar-refractivity contribution in [3.8, 4) is 0 Å². The van der Waals surface area contributed by atoms with Crippen LogP contribution in [-0.4, -0.2) is 33.2 Å². The van der Waals surface area contributed by atoms with Gasteiger partial charge in [-0.05, 0) is 68.0 Å². The van der Waals surface area contributed by atoms with Crippen molar-refractivity contribution in [2.45, 2.75) is 76.2 Å². The third kappa shape index (κ3) is 15.9. The van der Waals surface area contributed by atoms with Crippen LogP contribution in [0.4, 0.5) is 0 Å². The topological polar surface area (TPSA) is 112 Å². The van der Waals surface area contributed by atoms with Gasteiger partial charge in [0, 0.05) is 0 Å². The lowest BCUT2D eigenvalue weighted by atomic mass is 10.0. The Labute approximate surface area is 229 Å². The molecule has 0 radical (unpaired) electrons. The standard InChI is InChI=1S/2C10H12O2.C9H10O2.3CH4/c1-7-3-4-9(5-8(7)2)6-10(11)12;1-7-3-4-9(6-10(11)12)8(2)5-7;1-7-2-4-8(5-3-7)6-9(10)11;;;/h2*3-5H,6H2,1-2H3,(H,11,12);2-5H,6H2,1H3,(H,10,11);3*1H4. The molecule has 6 nitrogen and oxygen atoms in total. The van der Waals surface area contributed by atoms with Gasteiger partial charge in [0.05, 0.1) is 19.3 Å². The molecule has 0 saturated heterocycles. The Kier molecular flexibility index (Phi) is 19.5. The summed E-state index contributed by atoms with van der Waals surface area (Å²) in [6.07, 6.45) is 0.341. The molecule has 0 spiro atoms. The van der Waals surface area contributed by atoms with Crippen LogP contribution in [0.2, 0.25) is 0 Å². The van der Waals surface area contributed by atoms with Crippen molar-refractivity contribution in [2.24, 2.45) is 0 Å². The highest BCUT2D eigenvalue weighted by molar-refractivity contribution is 5.71. The summed E-state index contributed by atoms with van der Waals surface area (Å²) >= 11 is 0. The van der Waals surface area contributed by atoms with E-state index in [4.69, 9.17) is 15.3 Å². The number of carboxylic acids is 3. The quantitative estimate of drug-likeness (QED) is 0.309. The first-order valence-electron chi connectivity index (χ1n) is 11.2. The zero-order chi connectivity index (χ0) is 26.5. The van der Waals surface area contributed by atoms with Gasteiger partial charge in [-0.2, -0.15) is 0 Å². The van der Waals surface area contributed by atoms with Gasteiger partial charge >= 0.3 is 17.9 Å². The molecule has 38 heavy (non-hydrogen) atoms. The average Bonchev–Trinajstić information content (AvgIpc) is 2.75. The predicted octanol–water partition coefficient (Wildman–Crippen LogP) is 7.39. The Bertz CT molecular complexity index is 1150. The van der Waals surface area contributed by atoms with Crippen LogP contribution >= 0.6 is 0 Å². The number of carbonyl (C=O) groups is 3. The number of hydrogen-bond acceptors (Lipinski definition) is 3. The fraction of sp³-hybridized carbons (Fsp3) is 0.344. The van der Waals surface area contributed by atoms with Crippen LogP contribution in [0.5, 0.6) is 0 Å². The summed E-state index contributed by atoms with van der Waals surface area (Å²) in [6.45, 7) is 9.91. The van der Waals surface area contributed by atoms with E-state index in [1.54, 1.807) is 0 Å². The Balaban J connectivity index is -0.000000466. The molecule has 0 atom stereocenters. The first-order valence-corrected chi connectivity index (χ1v) is 11.2. The maximum atomic E-state index is 10.4. The average molecular weight is 527 g/mol. The highest BCUT2D eigenvalue weighted by atomic mass is 16.4. The Morgan fingerprint density at radius 2 is 0.947 bits per heavy atom. The van der Waals surface area contributed by atoms with Crippen molar-refractivity contribution in [1.29, 1.82) is 0 Å². The van der Waals surface area contributed by atoms with Crippen molar-refractivity contribution in [3.63, 3.8) is 0 Å². The minimum atomic E-state index is -0.783. The van der Waals surface area contributed by atoms with Crippen LogP contribution in [0.25, 0.3) is 0 Å². The van der Waals surface area contributed by atoms with Crippen LogP contribution in [0.1, 0.15) is 66.8 Å². The maximum absolute atomic E-state index is 10.4. The van der Waals surface area contributed by atoms with Gasteiger partial charge in [0.2, 0.25) is 0 Å². The van der Waals surface area contributed by atoms with Crippen molar-refractivity contribution in [1.82, 2.24) is 0 Å². The smallest absolute Gasteiger partial charge is 0.307 e. The molecule has 0 aliphatic heterocycles. The van der Waals surface area contributed by atoms with Crippen molar-refractivity contribution >= 4 is 17.9 Å². The molecule has 0 aliphatic rings. The zero-order valence-electron chi connectivity index (χ0n) is 21.0. The van der Waals surface area contributed by atoms with E-state index in [1.807, 2.05) is 95.3 Å². The second-order valence-electron chi connectivity index (χ2n) is 8.55. The van der Waals surface area contributed by atoms with Gasteiger partial charge in [-0.1, -0.05) is 94.1 Å². The van der Waals surface area contributed by atoms with E-state index in [-0.39, 0.29) is 41.5 Å². The molecule has 3 aromatic rings. The first kappa shape index (κ1) is 38.6. The van der Waals surface area contributed by atoms with Crippen molar-refractivity contribution in [2.75, 3.05) is 0 Å². The molecule has 3 N–H and O–H groups in total. The molecule has 3 rings (SSSR count). The molecule has 0 amide bonds. The highest BCUT2D eigenvalue weighted by Gasteiger charge is 2.03. The molecule has 0 saturated carbocycles. The molecule has 0 fully saturated rings. The van der Waals surface area contributed by atoms with Gasteiger partial charge in [-0.25, -0.2) is 0 Å². The number of aryl methyl sites for hydroxylation is 5. The summed E-state index contributed by atoms with van der Waals surface area (Å²) < 4.78 is 0. The third-order valence-corrected chi connectivity index (χ3v) is 5.24.